The van der Waals surface area contributed by atoms with Gasteiger partial charge in [-0.1, -0.05) is 6.07 Å². The quantitative estimate of drug-likeness (QED) is 0.560. The smallest absolute Gasteiger partial charge is 0.340 e. The average molecular weight is 490 g/mol. The number of esters is 2. The van der Waals surface area contributed by atoms with Gasteiger partial charge in [0.15, 0.2) is 6.61 Å². The van der Waals surface area contributed by atoms with Crippen LogP contribution in [0.25, 0.3) is 0 Å². The summed E-state index contributed by atoms with van der Waals surface area (Å²) < 4.78 is 36.1. The Hall–Kier alpha value is -3.44. The molecule has 0 aromatic heterocycles. The van der Waals surface area contributed by atoms with E-state index in [1.165, 1.54) is 45.5 Å². The molecule has 2 aromatic rings. The fraction of sp³-hybridized carbons (Fsp3) is 0.348. The summed E-state index contributed by atoms with van der Waals surface area (Å²) in [5.74, 6) is -1.98. The molecule has 0 atom stereocenters. The van der Waals surface area contributed by atoms with Crippen LogP contribution in [0.1, 0.15) is 33.6 Å². The molecule has 0 saturated carbocycles. The van der Waals surface area contributed by atoms with Gasteiger partial charge in [0.25, 0.3) is 5.91 Å². The minimum atomic E-state index is -3.77. The van der Waals surface area contributed by atoms with Gasteiger partial charge >= 0.3 is 11.9 Å². The molecule has 182 valence electrons. The van der Waals surface area contributed by atoms with Crippen LogP contribution in [-0.2, 0) is 24.3 Å². The number of rotatable bonds is 8. The lowest BCUT2D eigenvalue weighted by Gasteiger charge is -2.22. The van der Waals surface area contributed by atoms with Gasteiger partial charge in [0.05, 0.1) is 28.8 Å². The lowest BCUT2D eigenvalue weighted by atomic mass is 10.1. The lowest BCUT2D eigenvalue weighted by molar-refractivity contribution is -0.119. The summed E-state index contributed by atoms with van der Waals surface area (Å²) in [5.41, 5.74) is 1.23. The van der Waals surface area contributed by atoms with E-state index >= 15 is 0 Å². The molecule has 2 aromatic carbocycles. The lowest BCUT2D eigenvalue weighted by Crippen LogP contribution is -2.26. The normalized spacial score (nSPS) is 13.6. The van der Waals surface area contributed by atoms with Gasteiger partial charge in [-0.25, -0.2) is 22.3 Å². The standard InChI is InChI=1S/C23H27N3O7S/c1-25(2)34(30,31)18-9-10-20(26-11-4-5-12-26)19(14-18)23(29)33-15-21(27)24-17-8-6-7-16(13-17)22(28)32-3/h6-10,13-14H,4-5,11-12,15H2,1-3H3,(H,24,27). The molecule has 3 rings (SSSR count). The van der Waals surface area contributed by atoms with Crippen molar-refractivity contribution in [2.75, 3.05) is 51.1 Å². The zero-order chi connectivity index (χ0) is 24.9. The number of carbonyl (C=O) groups excluding carboxylic acids is 3. The Kier molecular flexibility index (Phi) is 7.90. The van der Waals surface area contributed by atoms with Crippen LogP contribution in [0.2, 0.25) is 0 Å². The second-order valence-corrected chi connectivity index (χ2v) is 10.0. The number of hydrogen-bond donors (Lipinski definition) is 1. The van der Waals surface area contributed by atoms with Crippen LogP contribution in [-0.4, -0.2) is 71.5 Å². The maximum Gasteiger partial charge on any atom is 0.340 e. The van der Waals surface area contributed by atoms with Crippen LogP contribution in [0.3, 0.4) is 0 Å². The highest BCUT2D eigenvalue weighted by molar-refractivity contribution is 7.89. The molecule has 1 N–H and O–H groups in total. The van der Waals surface area contributed by atoms with Gasteiger partial charge in [-0.3, -0.25) is 4.79 Å². The highest BCUT2D eigenvalue weighted by Gasteiger charge is 2.25. The van der Waals surface area contributed by atoms with E-state index in [9.17, 15) is 22.8 Å². The molecule has 10 nitrogen and oxygen atoms in total. The summed E-state index contributed by atoms with van der Waals surface area (Å²) >= 11 is 0. The van der Waals surface area contributed by atoms with Crippen LogP contribution in [0, 0.1) is 0 Å². The van der Waals surface area contributed by atoms with Crippen LogP contribution in [0.5, 0.6) is 0 Å². The third-order valence-corrected chi connectivity index (χ3v) is 7.13. The molecule has 1 fully saturated rings. The van der Waals surface area contributed by atoms with Crippen LogP contribution in [0.4, 0.5) is 11.4 Å². The van der Waals surface area contributed by atoms with E-state index in [1.807, 2.05) is 4.90 Å². The Morgan fingerprint density at radius 3 is 2.38 bits per heavy atom. The summed E-state index contributed by atoms with van der Waals surface area (Å²) in [6.45, 7) is 0.875. The summed E-state index contributed by atoms with van der Waals surface area (Å²) in [6.07, 6.45) is 1.92. The van der Waals surface area contributed by atoms with Gasteiger partial charge < -0.3 is 19.7 Å². The first kappa shape index (κ1) is 25.2. The van der Waals surface area contributed by atoms with E-state index in [1.54, 1.807) is 18.2 Å². The molecule has 1 saturated heterocycles. The summed E-state index contributed by atoms with van der Waals surface area (Å²) in [5, 5.41) is 2.55. The van der Waals surface area contributed by atoms with Gasteiger partial charge in [-0.05, 0) is 49.2 Å². The van der Waals surface area contributed by atoms with Gasteiger partial charge in [0, 0.05) is 32.9 Å². The number of nitrogens with zero attached hydrogens (tertiary/aromatic N) is 2. The van der Waals surface area contributed by atoms with Crippen molar-refractivity contribution >= 4 is 39.2 Å². The van der Waals surface area contributed by atoms with Crippen molar-refractivity contribution < 1.29 is 32.3 Å². The number of nitrogens with one attached hydrogen (secondary N) is 1. The second-order valence-electron chi connectivity index (χ2n) is 7.86. The largest absolute Gasteiger partial charge is 0.465 e. The number of sulfonamides is 1. The van der Waals surface area contributed by atoms with Crippen molar-refractivity contribution in [2.45, 2.75) is 17.7 Å². The molecule has 34 heavy (non-hydrogen) atoms. The summed E-state index contributed by atoms with van der Waals surface area (Å²) in [6, 6.07) is 10.5. The summed E-state index contributed by atoms with van der Waals surface area (Å²) in [4.78, 5) is 38.8. The first-order chi connectivity index (χ1) is 16.1. The van der Waals surface area contributed by atoms with Crippen LogP contribution in [0.15, 0.2) is 47.4 Å². The molecule has 0 bridgehead atoms. The molecule has 11 heteroatoms. The fourth-order valence-corrected chi connectivity index (χ4v) is 4.46. The Morgan fingerprint density at radius 2 is 1.74 bits per heavy atom. The number of methoxy groups -OCH3 is 1. The molecule has 0 spiro atoms. The second kappa shape index (κ2) is 10.7. The molecule has 0 unspecified atom stereocenters. The number of hydrogen-bond acceptors (Lipinski definition) is 8. The monoisotopic (exact) mass is 489 g/mol. The maximum absolute atomic E-state index is 12.9. The van der Waals surface area contributed by atoms with Crippen molar-refractivity contribution in [1.82, 2.24) is 4.31 Å². The average Bonchev–Trinajstić information content (AvgIpc) is 3.36. The number of anilines is 2. The van der Waals surface area contributed by atoms with Gasteiger partial charge in [-0.2, -0.15) is 0 Å². The first-order valence-electron chi connectivity index (χ1n) is 10.6. The molecule has 1 aliphatic rings. The fourth-order valence-electron chi connectivity index (χ4n) is 3.53. The van der Waals surface area contributed by atoms with E-state index in [0.717, 1.165) is 30.2 Å². The summed E-state index contributed by atoms with van der Waals surface area (Å²) in [7, 11) is 0.292. The van der Waals surface area contributed by atoms with Crippen molar-refractivity contribution in [1.29, 1.82) is 0 Å². The zero-order valence-corrected chi connectivity index (χ0v) is 20.1. The molecular formula is C23H27N3O7S. The van der Waals surface area contributed by atoms with E-state index < -0.39 is 34.5 Å². The molecule has 0 radical (unpaired) electrons. The molecule has 0 aliphatic carbocycles. The van der Waals surface area contributed by atoms with Crippen LogP contribution < -0.4 is 10.2 Å². The minimum Gasteiger partial charge on any atom is -0.465 e. The van der Waals surface area contributed by atoms with Gasteiger partial charge in [0.1, 0.15) is 0 Å². The molecular weight excluding hydrogens is 462 g/mol. The van der Waals surface area contributed by atoms with E-state index in [0.29, 0.717) is 11.4 Å². The van der Waals surface area contributed by atoms with E-state index in [-0.39, 0.29) is 16.0 Å². The number of ether oxygens (including phenoxy) is 2. The maximum atomic E-state index is 12.9. The Balaban J connectivity index is 1.76. The highest BCUT2D eigenvalue weighted by atomic mass is 32.2. The third kappa shape index (κ3) is 5.72. The van der Waals surface area contributed by atoms with Crippen LogP contribution >= 0.6 is 0 Å². The molecule has 1 heterocycles. The Morgan fingerprint density at radius 1 is 1.03 bits per heavy atom. The van der Waals surface area contributed by atoms with Crippen molar-refractivity contribution in [2.24, 2.45) is 0 Å². The van der Waals surface area contributed by atoms with Gasteiger partial charge in [-0.15, -0.1) is 0 Å². The topological polar surface area (TPSA) is 122 Å². The van der Waals surface area contributed by atoms with Crippen molar-refractivity contribution in [3.8, 4) is 0 Å². The number of benzene rings is 2. The first-order valence-corrected chi connectivity index (χ1v) is 12.0. The van der Waals surface area contributed by atoms with Crippen molar-refractivity contribution in [3.63, 3.8) is 0 Å². The zero-order valence-electron chi connectivity index (χ0n) is 19.2. The van der Waals surface area contributed by atoms with E-state index in [2.05, 4.69) is 10.1 Å². The third-order valence-electron chi connectivity index (χ3n) is 5.32. The van der Waals surface area contributed by atoms with Gasteiger partial charge in [0.2, 0.25) is 10.0 Å². The molecule has 1 aliphatic heterocycles. The van der Waals surface area contributed by atoms with Crippen molar-refractivity contribution in [3.05, 3.63) is 53.6 Å². The minimum absolute atomic E-state index is 0.0449. The Bertz CT molecular complexity index is 1190. The number of carbonyl (C=O) groups is 3. The Labute approximate surface area is 198 Å². The van der Waals surface area contributed by atoms with E-state index in [4.69, 9.17) is 4.74 Å². The predicted molar refractivity (Wildman–Crippen MR) is 125 cm³/mol. The predicted octanol–water partition coefficient (Wildman–Crippen LogP) is 2.12. The SMILES string of the molecule is COC(=O)c1cccc(NC(=O)COC(=O)c2cc(S(=O)(=O)N(C)C)ccc2N2CCCC2)c1. The highest BCUT2D eigenvalue weighted by Crippen LogP contribution is 2.28. The number of amides is 1. The molecule has 1 amide bonds.